The molecule has 2 N–H and O–H groups in total. The number of hydrogen-bond acceptors (Lipinski definition) is 8. The quantitative estimate of drug-likeness (QED) is 0.494. The van der Waals surface area contributed by atoms with Crippen molar-refractivity contribution < 1.29 is 13.2 Å². The highest BCUT2D eigenvalue weighted by Gasteiger charge is 2.20. The fourth-order valence-corrected chi connectivity index (χ4v) is 6.41. The van der Waals surface area contributed by atoms with E-state index in [2.05, 4.69) is 31.8 Å². The minimum Gasteiger partial charge on any atom is -0.302 e. The predicted molar refractivity (Wildman–Crippen MR) is 128 cm³/mol. The van der Waals surface area contributed by atoms with Gasteiger partial charge in [0.25, 0.3) is 10.0 Å². The van der Waals surface area contributed by atoms with Crippen molar-refractivity contribution in [3.63, 3.8) is 0 Å². The maximum Gasteiger partial charge on any atom is 0.263 e. The molecule has 1 aliphatic heterocycles. The van der Waals surface area contributed by atoms with Gasteiger partial charge >= 0.3 is 0 Å². The minimum absolute atomic E-state index is 0.0433. The van der Waals surface area contributed by atoms with Gasteiger partial charge in [0.2, 0.25) is 5.91 Å². The van der Waals surface area contributed by atoms with Crippen LogP contribution in [0.5, 0.6) is 0 Å². The van der Waals surface area contributed by atoms with Crippen LogP contribution in [0.15, 0.2) is 46.8 Å². The Morgan fingerprint density at radius 2 is 2.03 bits per heavy atom. The standard InChI is InChI=1S/C21H25N5O3S3/c1-15-7-5-6-10-26(15)13-17-12-22-20(31-17)24-19(27)11-16-14-30-21(23-16)25-32(28,29)18-8-3-2-4-9-18/h2-4,8-9,12,14-15H,5-7,10-11,13H2,1H3,(H,23,25)(H,22,24,27). The Hall–Kier alpha value is -2.34. The van der Waals surface area contributed by atoms with E-state index in [0.29, 0.717) is 16.9 Å². The molecule has 11 heteroatoms. The van der Waals surface area contributed by atoms with Gasteiger partial charge in [-0.25, -0.2) is 18.4 Å². The number of hydrogen-bond donors (Lipinski definition) is 2. The summed E-state index contributed by atoms with van der Waals surface area (Å²) in [5, 5.41) is 5.28. The van der Waals surface area contributed by atoms with E-state index in [1.807, 2.05) is 6.20 Å². The maximum absolute atomic E-state index is 12.4. The Labute approximate surface area is 195 Å². The molecule has 3 heterocycles. The minimum atomic E-state index is -3.71. The lowest BCUT2D eigenvalue weighted by Gasteiger charge is -2.32. The van der Waals surface area contributed by atoms with E-state index in [4.69, 9.17) is 0 Å². The summed E-state index contributed by atoms with van der Waals surface area (Å²) < 4.78 is 27.3. The number of carbonyl (C=O) groups excluding carboxylic acids is 1. The SMILES string of the molecule is CC1CCCCN1Cc1cnc(NC(=O)Cc2csc(NS(=O)(=O)c3ccccc3)n2)s1. The number of aromatic nitrogens is 2. The average Bonchev–Trinajstić information content (AvgIpc) is 3.39. The fraction of sp³-hybridized carbons (Fsp3) is 0.381. The second kappa shape index (κ2) is 10.1. The van der Waals surface area contributed by atoms with E-state index in [0.717, 1.165) is 29.3 Å². The van der Waals surface area contributed by atoms with Crippen LogP contribution >= 0.6 is 22.7 Å². The van der Waals surface area contributed by atoms with E-state index >= 15 is 0 Å². The zero-order valence-electron chi connectivity index (χ0n) is 17.7. The lowest BCUT2D eigenvalue weighted by atomic mass is 10.0. The number of benzene rings is 1. The Bertz CT molecular complexity index is 1160. The summed E-state index contributed by atoms with van der Waals surface area (Å²) in [6.07, 6.45) is 5.60. The molecule has 1 unspecified atom stereocenters. The lowest BCUT2D eigenvalue weighted by Crippen LogP contribution is -2.36. The van der Waals surface area contributed by atoms with E-state index in [-0.39, 0.29) is 22.4 Å². The zero-order valence-corrected chi connectivity index (χ0v) is 20.1. The van der Waals surface area contributed by atoms with Crippen molar-refractivity contribution in [1.29, 1.82) is 0 Å². The van der Waals surface area contributed by atoms with Gasteiger partial charge in [-0.2, -0.15) is 0 Å². The summed E-state index contributed by atoms with van der Waals surface area (Å²) in [6, 6.07) is 8.66. The molecule has 1 fully saturated rings. The van der Waals surface area contributed by atoms with Gasteiger partial charge in [-0.05, 0) is 38.4 Å². The zero-order chi connectivity index (χ0) is 22.6. The fourth-order valence-electron chi connectivity index (χ4n) is 3.57. The second-order valence-electron chi connectivity index (χ2n) is 7.73. The number of rotatable bonds is 8. The number of thiazole rings is 2. The molecular formula is C21H25N5O3S3. The Kier molecular flexibility index (Phi) is 7.19. The number of nitrogens with zero attached hydrogens (tertiary/aromatic N) is 3. The Morgan fingerprint density at radius 3 is 2.81 bits per heavy atom. The normalized spacial score (nSPS) is 17.2. The molecule has 1 aliphatic rings. The molecule has 1 amide bonds. The lowest BCUT2D eigenvalue weighted by molar-refractivity contribution is -0.115. The Balaban J connectivity index is 1.30. The molecule has 32 heavy (non-hydrogen) atoms. The molecule has 0 aliphatic carbocycles. The molecule has 1 aromatic carbocycles. The first kappa shape index (κ1) is 22.8. The van der Waals surface area contributed by atoms with Crippen LogP contribution < -0.4 is 10.0 Å². The molecule has 0 saturated carbocycles. The van der Waals surface area contributed by atoms with Crippen LogP contribution in [0.4, 0.5) is 10.3 Å². The van der Waals surface area contributed by atoms with Gasteiger partial charge < -0.3 is 5.32 Å². The number of nitrogens with one attached hydrogen (secondary N) is 2. The number of carbonyl (C=O) groups is 1. The van der Waals surface area contributed by atoms with Crippen molar-refractivity contribution in [3.05, 3.63) is 52.5 Å². The number of anilines is 2. The third kappa shape index (κ3) is 5.91. The second-order valence-corrected chi connectivity index (χ2v) is 11.4. The summed E-state index contributed by atoms with van der Waals surface area (Å²) in [6.45, 7) is 4.21. The summed E-state index contributed by atoms with van der Waals surface area (Å²) in [7, 11) is -3.71. The van der Waals surface area contributed by atoms with Crippen LogP contribution in [-0.4, -0.2) is 41.8 Å². The molecule has 4 rings (SSSR count). The van der Waals surface area contributed by atoms with Gasteiger partial charge in [0, 0.05) is 29.0 Å². The van der Waals surface area contributed by atoms with E-state index in [1.165, 1.54) is 42.7 Å². The third-order valence-electron chi connectivity index (χ3n) is 5.27. The number of likely N-dealkylation sites (tertiary alicyclic amines) is 1. The van der Waals surface area contributed by atoms with Gasteiger partial charge in [-0.15, -0.1) is 22.7 Å². The summed E-state index contributed by atoms with van der Waals surface area (Å²) in [4.78, 5) is 24.7. The van der Waals surface area contributed by atoms with Crippen molar-refractivity contribution in [3.8, 4) is 0 Å². The first-order valence-electron chi connectivity index (χ1n) is 10.4. The predicted octanol–water partition coefficient (Wildman–Crippen LogP) is 3.96. The number of piperidine rings is 1. The number of amides is 1. The molecule has 0 spiro atoms. The highest BCUT2D eigenvalue weighted by molar-refractivity contribution is 7.93. The van der Waals surface area contributed by atoms with Crippen molar-refractivity contribution in [1.82, 2.24) is 14.9 Å². The summed E-state index contributed by atoms with van der Waals surface area (Å²) in [5.74, 6) is -0.236. The van der Waals surface area contributed by atoms with Crippen molar-refractivity contribution in [2.24, 2.45) is 0 Å². The maximum atomic E-state index is 12.4. The highest BCUT2D eigenvalue weighted by Crippen LogP contribution is 2.25. The molecule has 8 nitrogen and oxygen atoms in total. The smallest absolute Gasteiger partial charge is 0.263 e. The molecule has 1 atom stereocenters. The van der Waals surface area contributed by atoms with Gasteiger partial charge in [-0.3, -0.25) is 14.4 Å². The van der Waals surface area contributed by atoms with Crippen LogP contribution in [0.1, 0.15) is 36.8 Å². The third-order valence-corrected chi connectivity index (χ3v) is 8.46. The first-order chi connectivity index (χ1) is 15.4. The molecule has 1 saturated heterocycles. The molecular weight excluding hydrogens is 466 g/mol. The molecule has 0 radical (unpaired) electrons. The van der Waals surface area contributed by atoms with Gasteiger partial charge in [0.1, 0.15) is 0 Å². The van der Waals surface area contributed by atoms with Crippen LogP contribution in [0.25, 0.3) is 0 Å². The van der Waals surface area contributed by atoms with E-state index < -0.39 is 10.0 Å². The van der Waals surface area contributed by atoms with Crippen LogP contribution in [0.3, 0.4) is 0 Å². The molecule has 3 aromatic rings. The van der Waals surface area contributed by atoms with Gasteiger partial charge in [-0.1, -0.05) is 24.6 Å². The highest BCUT2D eigenvalue weighted by atomic mass is 32.2. The summed E-state index contributed by atoms with van der Waals surface area (Å²) >= 11 is 2.63. The van der Waals surface area contributed by atoms with Crippen LogP contribution in [0.2, 0.25) is 0 Å². The molecule has 0 bridgehead atoms. The van der Waals surface area contributed by atoms with Crippen LogP contribution in [-0.2, 0) is 27.8 Å². The molecule has 2 aromatic heterocycles. The molecule has 170 valence electrons. The first-order valence-corrected chi connectivity index (χ1v) is 13.6. The van der Waals surface area contributed by atoms with E-state index in [9.17, 15) is 13.2 Å². The summed E-state index contributed by atoms with van der Waals surface area (Å²) in [5.41, 5.74) is 0.497. The monoisotopic (exact) mass is 491 g/mol. The largest absolute Gasteiger partial charge is 0.302 e. The Morgan fingerprint density at radius 1 is 1.22 bits per heavy atom. The van der Waals surface area contributed by atoms with Gasteiger partial charge in [0.15, 0.2) is 10.3 Å². The average molecular weight is 492 g/mol. The number of sulfonamides is 1. The van der Waals surface area contributed by atoms with Crippen molar-refractivity contribution in [2.75, 3.05) is 16.6 Å². The topological polar surface area (TPSA) is 104 Å². The van der Waals surface area contributed by atoms with Crippen LogP contribution in [0, 0.1) is 0 Å². The van der Waals surface area contributed by atoms with Crippen molar-refractivity contribution >= 4 is 48.9 Å². The van der Waals surface area contributed by atoms with Gasteiger partial charge in [0.05, 0.1) is 17.0 Å². The van der Waals surface area contributed by atoms with E-state index in [1.54, 1.807) is 23.6 Å². The van der Waals surface area contributed by atoms with Crippen molar-refractivity contribution in [2.45, 2.75) is 50.1 Å².